The number of ether oxygens (including phenoxy) is 1. The molecule has 0 saturated carbocycles. The van der Waals surface area contributed by atoms with Crippen molar-refractivity contribution in [1.82, 2.24) is 5.32 Å². The zero-order valence-corrected chi connectivity index (χ0v) is 13.2. The number of hydrogen-bond donors (Lipinski definition) is 4. The summed E-state index contributed by atoms with van der Waals surface area (Å²) in [6.07, 6.45) is 1.63. The van der Waals surface area contributed by atoms with Gasteiger partial charge in [-0.1, -0.05) is 12.1 Å². The molecule has 2 atom stereocenters. The molecule has 2 unspecified atom stereocenters. The van der Waals surface area contributed by atoms with E-state index in [4.69, 9.17) is 16.2 Å². The lowest BCUT2D eigenvalue weighted by atomic mass is 9.91. The summed E-state index contributed by atoms with van der Waals surface area (Å²) in [5.41, 5.74) is 12.7. The van der Waals surface area contributed by atoms with Crippen molar-refractivity contribution in [3.8, 4) is 0 Å². The fourth-order valence-electron chi connectivity index (χ4n) is 2.68. The van der Waals surface area contributed by atoms with E-state index >= 15 is 0 Å². The number of hydrogen-bond acceptors (Lipinski definition) is 4. The number of anilines is 1. The lowest BCUT2D eigenvalue weighted by molar-refractivity contribution is -0.125. The molecule has 23 heavy (non-hydrogen) atoms. The molecule has 1 aromatic rings. The molecule has 1 fully saturated rings. The van der Waals surface area contributed by atoms with Crippen LogP contribution in [0.2, 0.25) is 0 Å². The molecule has 1 aromatic carbocycles. The Balaban J connectivity index is 1.90. The maximum atomic E-state index is 12.3. The smallest absolute Gasteiger partial charge is 0.316 e. The summed E-state index contributed by atoms with van der Waals surface area (Å²) in [5, 5.41) is 5.43. The van der Waals surface area contributed by atoms with E-state index in [1.165, 1.54) is 0 Å². The summed E-state index contributed by atoms with van der Waals surface area (Å²) < 4.78 is 5.29. The van der Waals surface area contributed by atoms with Crippen molar-refractivity contribution in [3.05, 3.63) is 29.8 Å². The van der Waals surface area contributed by atoms with Crippen molar-refractivity contribution in [1.29, 1.82) is 0 Å². The van der Waals surface area contributed by atoms with Gasteiger partial charge < -0.3 is 26.8 Å². The summed E-state index contributed by atoms with van der Waals surface area (Å²) in [6, 6.07) is 5.84. The van der Waals surface area contributed by atoms with Gasteiger partial charge in [-0.05, 0) is 43.4 Å². The minimum absolute atomic E-state index is 0.149. The van der Waals surface area contributed by atoms with Crippen LogP contribution in [0.5, 0.6) is 0 Å². The second-order valence-corrected chi connectivity index (χ2v) is 5.82. The van der Waals surface area contributed by atoms with Gasteiger partial charge in [0.1, 0.15) is 0 Å². The van der Waals surface area contributed by atoms with Crippen LogP contribution in [0.25, 0.3) is 0 Å². The normalized spacial score (nSPS) is 18.0. The van der Waals surface area contributed by atoms with Crippen molar-refractivity contribution in [2.75, 3.05) is 18.5 Å². The molecule has 126 valence electrons. The van der Waals surface area contributed by atoms with Gasteiger partial charge >= 0.3 is 6.03 Å². The average molecular weight is 320 g/mol. The monoisotopic (exact) mass is 320 g/mol. The van der Waals surface area contributed by atoms with E-state index in [0.717, 1.165) is 18.4 Å². The Labute approximate surface area is 135 Å². The summed E-state index contributed by atoms with van der Waals surface area (Å²) in [7, 11) is 0. The Bertz CT molecular complexity index is 541. The Kier molecular flexibility index (Phi) is 5.95. The highest BCUT2D eigenvalue weighted by molar-refractivity contribution is 5.87. The van der Waals surface area contributed by atoms with Gasteiger partial charge in [-0.3, -0.25) is 4.79 Å². The standard InChI is InChI=1S/C16H24N4O3/c1-10(11-2-4-13(5-3-11)20-16(18)22)19-15(21)14(17)12-6-8-23-9-7-12/h2-5,10,12,14H,6-9,17H2,1H3,(H,19,21)(H3,18,20,22). The van der Waals surface area contributed by atoms with Crippen LogP contribution >= 0.6 is 0 Å². The van der Waals surface area contributed by atoms with Gasteiger partial charge in [-0.25, -0.2) is 4.79 Å². The molecule has 1 aliphatic rings. The maximum absolute atomic E-state index is 12.3. The summed E-state index contributed by atoms with van der Waals surface area (Å²) >= 11 is 0. The second-order valence-electron chi connectivity index (χ2n) is 5.82. The number of amides is 3. The molecule has 7 heteroatoms. The van der Waals surface area contributed by atoms with Crippen molar-refractivity contribution in [3.63, 3.8) is 0 Å². The molecular formula is C16H24N4O3. The molecule has 3 amide bonds. The average Bonchev–Trinajstić information content (AvgIpc) is 2.55. The zero-order chi connectivity index (χ0) is 16.8. The number of rotatable bonds is 5. The first-order valence-electron chi connectivity index (χ1n) is 7.77. The van der Waals surface area contributed by atoms with Gasteiger partial charge in [-0.2, -0.15) is 0 Å². The molecular weight excluding hydrogens is 296 g/mol. The van der Waals surface area contributed by atoms with Crippen molar-refractivity contribution in [2.45, 2.75) is 31.8 Å². The lowest BCUT2D eigenvalue weighted by Gasteiger charge is -2.28. The molecule has 1 saturated heterocycles. The molecule has 1 heterocycles. The predicted octanol–water partition coefficient (Wildman–Crippen LogP) is 1.11. The number of urea groups is 1. The number of carbonyl (C=O) groups is 2. The fraction of sp³-hybridized carbons (Fsp3) is 0.500. The number of carbonyl (C=O) groups excluding carboxylic acids is 2. The number of nitrogens with two attached hydrogens (primary N) is 2. The van der Waals surface area contributed by atoms with Gasteiger partial charge in [0.15, 0.2) is 0 Å². The van der Waals surface area contributed by atoms with Crippen LogP contribution in [0, 0.1) is 5.92 Å². The van der Waals surface area contributed by atoms with E-state index in [9.17, 15) is 9.59 Å². The Morgan fingerprint density at radius 2 is 1.83 bits per heavy atom. The van der Waals surface area contributed by atoms with Gasteiger partial charge in [0.05, 0.1) is 12.1 Å². The first-order chi connectivity index (χ1) is 11.0. The first kappa shape index (κ1) is 17.2. The quantitative estimate of drug-likeness (QED) is 0.649. The van der Waals surface area contributed by atoms with Gasteiger partial charge in [0.25, 0.3) is 0 Å². The van der Waals surface area contributed by atoms with E-state index < -0.39 is 12.1 Å². The molecule has 2 rings (SSSR count). The highest BCUT2D eigenvalue weighted by Crippen LogP contribution is 2.20. The van der Waals surface area contributed by atoms with E-state index in [1.54, 1.807) is 12.1 Å². The van der Waals surface area contributed by atoms with Crippen molar-refractivity contribution < 1.29 is 14.3 Å². The summed E-state index contributed by atoms with van der Waals surface area (Å²) in [5.74, 6) is 0.0156. The number of benzene rings is 1. The highest BCUT2D eigenvalue weighted by Gasteiger charge is 2.27. The van der Waals surface area contributed by atoms with Gasteiger partial charge in [0, 0.05) is 18.9 Å². The van der Waals surface area contributed by atoms with Gasteiger partial charge in [-0.15, -0.1) is 0 Å². The van der Waals surface area contributed by atoms with Crippen LogP contribution in [-0.4, -0.2) is 31.2 Å². The number of primary amides is 1. The topological polar surface area (TPSA) is 119 Å². The van der Waals surface area contributed by atoms with E-state index in [1.807, 2.05) is 19.1 Å². The molecule has 0 aromatic heterocycles. The maximum Gasteiger partial charge on any atom is 0.316 e. The summed E-state index contributed by atoms with van der Waals surface area (Å²) in [4.78, 5) is 23.1. The van der Waals surface area contributed by atoms with Crippen LogP contribution in [0.1, 0.15) is 31.4 Å². The van der Waals surface area contributed by atoms with Crippen LogP contribution in [0.3, 0.4) is 0 Å². The molecule has 6 N–H and O–H groups in total. The third-order valence-corrected chi connectivity index (χ3v) is 4.11. The van der Waals surface area contributed by atoms with Gasteiger partial charge in [0.2, 0.25) is 5.91 Å². The lowest BCUT2D eigenvalue weighted by Crippen LogP contribution is -2.47. The minimum Gasteiger partial charge on any atom is -0.381 e. The highest BCUT2D eigenvalue weighted by atomic mass is 16.5. The second kappa shape index (κ2) is 7.94. The van der Waals surface area contributed by atoms with Crippen molar-refractivity contribution >= 4 is 17.6 Å². The zero-order valence-electron chi connectivity index (χ0n) is 13.2. The predicted molar refractivity (Wildman–Crippen MR) is 87.7 cm³/mol. The van der Waals surface area contributed by atoms with E-state index in [-0.39, 0.29) is 17.9 Å². The van der Waals surface area contributed by atoms with Crippen LogP contribution in [-0.2, 0) is 9.53 Å². The number of nitrogens with one attached hydrogen (secondary N) is 2. The van der Waals surface area contributed by atoms with E-state index in [2.05, 4.69) is 10.6 Å². The molecule has 0 bridgehead atoms. The fourth-order valence-corrected chi connectivity index (χ4v) is 2.68. The van der Waals surface area contributed by atoms with E-state index in [0.29, 0.717) is 18.9 Å². The molecule has 0 radical (unpaired) electrons. The SMILES string of the molecule is CC(NC(=O)C(N)C1CCOCC1)c1ccc(NC(N)=O)cc1. The first-order valence-corrected chi connectivity index (χ1v) is 7.77. The Morgan fingerprint density at radius 1 is 1.22 bits per heavy atom. The molecule has 0 aliphatic carbocycles. The van der Waals surface area contributed by atoms with Crippen LogP contribution in [0.4, 0.5) is 10.5 Å². The molecule has 0 spiro atoms. The third-order valence-electron chi connectivity index (χ3n) is 4.11. The molecule has 7 nitrogen and oxygen atoms in total. The Hall–Kier alpha value is -2.12. The third kappa shape index (κ3) is 4.94. The largest absolute Gasteiger partial charge is 0.381 e. The van der Waals surface area contributed by atoms with Crippen LogP contribution < -0.4 is 22.1 Å². The van der Waals surface area contributed by atoms with Crippen molar-refractivity contribution in [2.24, 2.45) is 17.4 Å². The minimum atomic E-state index is -0.610. The summed E-state index contributed by atoms with van der Waals surface area (Å²) in [6.45, 7) is 3.22. The molecule has 1 aliphatic heterocycles. The Morgan fingerprint density at radius 3 is 2.39 bits per heavy atom. The van der Waals surface area contributed by atoms with Crippen LogP contribution in [0.15, 0.2) is 24.3 Å².